The van der Waals surface area contributed by atoms with E-state index in [1.807, 2.05) is 46.1 Å². The Morgan fingerprint density at radius 2 is 1.81 bits per heavy atom. The minimum atomic E-state index is -1.19. The van der Waals surface area contributed by atoms with Crippen LogP contribution >= 0.6 is 0 Å². The number of carboxylic acid groups (broad SMARTS) is 1. The minimum Gasteiger partial charge on any atom is -0.481 e. The molecule has 1 aliphatic carbocycles. The standard InChI is InChI=1S/C37H47FN4O5/c1-23(2)35-32(17-15-28(43)21-29(44)22-33(45)46)34(24-10-12-26(38)13-11-24)31-9-7-8-25-20-27(14-16-30(25)36(31)41-35)40-37(47)39-18-5-6-19-42(3)4/h10-17,20,23,28-29,43-44H,5-9,18-19,21-22H2,1-4H3,(H,45,46)(H2,39,40,47)/b17-15+/t28-,29-/m1/s1. The molecule has 1 aliphatic rings. The highest BCUT2D eigenvalue weighted by molar-refractivity contribution is 5.91. The van der Waals surface area contributed by atoms with E-state index < -0.39 is 24.6 Å². The highest BCUT2D eigenvalue weighted by Crippen LogP contribution is 2.42. The Morgan fingerprint density at radius 1 is 1.06 bits per heavy atom. The van der Waals surface area contributed by atoms with E-state index in [-0.39, 0.29) is 24.2 Å². The maximum absolute atomic E-state index is 14.1. The van der Waals surface area contributed by atoms with Crippen molar-refractivity contribution < 1.29 is 29.3 Å². The molecule has 3 aromatic rings. The second-order valence-corrected chi connectivity index (χ2v) is 12.8. The molecule has 0 spiro atoms. The number of carbonyl (C=O) groups is 2. The fourth-order valence-electron chi connectivity index (χ4n) is 6.02. The van der Waals surface area contributed by atoms with Gasteiger partial charge >= 0.3 is 12.0 Å². The van der Waals surface area contributed by atoms with Gasteiger partial charge in [0, 0.05) is 29.8 Å². The quantitative estimate of drug-likeness (QED) is 0.131. The summed E-state index contributed by atoms with van der Waals surface area (Å²) in [5.74, 6) is -1.49. The minimum absolute atomic E-state index is 0.0112. The summed E-state index contributed by atoms with van der Waals surface area (Å²) >= 11 is 0. The third-order valence-electron chi connectivity index (χ3n) is 8.26. The van der Waals surface area contributed by atoms with Crippen LogP contribution < -0.4 is 10.6 Å². The van der Waals surface area contributed by atoms with Gasteiger partial charge in [0.05, 0.1) is 30.0 Å². The lowest BCUT2D eigenvalue weighted by molar-refractivity contribution is -0.139. The van der Waals surface area contributed by atoms with Gasteiger partial charge in [-0.2, -0.15) is 0 Å². The molecule has 0 aliphatic heterocycles. The van der Waals surface area contributed by atoms with E-state index in [9.17, 15) is 24.2 Å². The number of urea groups is 1. The van der Waals surface area contributed by atoms with Crippen LogP contribution in [0.2, 0.25) is 0 Å². The van der Waals surface area contributed by atoms with Crippen molar-refractivity contribution in [1.82, 2.24) is 15.2 Å². The number of carboxylic acids is 1. The second kappa shape index (κ2) is 16.6. The maximum atomic E-state index is 14.1. The number of hydrogen-bond acceptors (Lipinski definition) is 6. The number of hydrogen-bond donors (Lipinski definition) is 5. The molecule has 47 heavy (non-hydrogen) atoms. The molecule has 4 rings (SSSR count). The zero-order valence-corrected chi connectivity index (χ0v) is 27.7. The molecule has 0 bridgehead atoms. The molecule has 2 aromatic carbocycles. The van der Waals surface area contributed by atoms with E-state index in [2.05, 4.69) is 15.5 Å². The number of benzene rings is 2. The van der Waals surface area contributed by atoms with Crippen LogP contribution in [0.25, 0.3) is 28.5 Å². The average Bonchev–Trinajstić information content (AvgIpc) is 3.17. The fraction of sp³-hybridized carbons (Fsp3) is 0.432. The number of nitrogens with one attached hydrogen (secondary N) is 2. The summed E-state index contributed by atoms with van der Waals surface area (Å²) in [6.07, 6.45) is 4.72. The Balaban J connectivity index is 1.71. The number of aryl methyl sites for hydroxylation is 1. The Bertz CT molecular complexity index is 1570. The Morgan fingerprint density at radius 3 is 2.49 bits per heavy atom. The van der Waals surface area contributed by atoms with Gasteiger partial charge in [-0.15, -0.1) is 0 Å². The lowest BCUT2D eigenvalue weighted by Gasteiger charge is -2.22. The summed E-state index contributed by atoms with van der Waals surface area (Å²) < 4.78 is 14.1. The van der Waals surface area contributed by atoms with Gasteiger partial charge in [0.15, 0.2) is 0 Å². The number of amides is 2. The van der Waals surface area contributed by atoms with Gasteiger partial charge in [-0.05, 0) is 105 Å². The van der Waals surface area contributed by atoms with Gasteiger partial charge in [0.2, 0.25) is 0 Å². The summed E-state index contributed by atoms with van der Waals surface area (Å²) in [5, 5.41) is 35.6. The first-order chi connectivity index (χ1) is 22.4. The van der Waals surface area contributed by atoms with Crippen LogP contribution in [0, 0.1) is 5.82 Å². The molecule has 9 nitrogen and oxygen atoms in total. The maximum Gasteiger partial charge on any atom is 0.319 e. The van der Waals surface area contributed by atoms with Crippen molar-refractivity contribution >= 4 is 23.8 Å². The van der Waals surface area contributed by atoms with Crippen molar-refractivity contribution in [3.63, 3.8) is 0 Å². The number of aliphatic carboxylic acids is 1. The van der Waals surface area contributed by atoms with E-state index in [0.29, 0.717) is 18.7 Å². The number of halogens is 1. The number of rotatable bonds is 14. The number of pyridine rings is 1. The number of aromatic nitrogens is 1. The van der Waals surface area contributed by atoms with Gasteiger partial charge in [-0.3, -0.25) is 9.78 Å². The van der Waals surface area contributed by atoms with Gasteiger partial charge in [0.25, 0.3) is 0 Å². The second-order valence-electron chi connectivity index (χ2n) is 12.8. The molecule has 0 fully saturated rings. The number of carbonyl (C=O) groups excluding carboxylic acids is 1. The molecule has 1 heterocycles. The topological polar surface area (TPSA) is 135 Å². The van der Waals surface area contributed by atoms with E-state index in [0.717, 1.165) is 77.0 Å². The molecular formula is C37H47FN4O5. The Hall–Kier alpha value is -4.12. The van der Waals surface area contributed by atoms with E-state index in [1.54, 1.807) is 24.3 Å². The number of unbranched alkanes of at least 4 members (excludes halogenated alkanes) is 1. The predicted molar refractivity (Wildman–Crippen MR) is 184 cm³/mol. The molecular weight excluding hydrogens is 599 g/mol. The molecule has 252 valence electrons. The number of nitrogens with zero attached hydrogens (tertiary/aromatic N) is 2. The zero-order valence-electron chi connectivity index (χ0n) is 27.7. The first-order valence-corrected chi connectivity index (χ1v) is 16.3. The van der Waals surface area contributed by atoms with Crippen LogP contribution in [-0.2, 0) is 17.6 Å². The average molecular weight is 647 g/mol. The molecule has 2 amide bonds. The lowest BCUT2D eigenvalue weighted by atomic mass is 9.86. The first-order valence-electron chi connectivity index (χ1n) is 16.3. The van der Waals surface area contributed by atoms with Crippen LogP contribution in [0.15, 0.2) is 48.5 Å². The third kappa shape index (κ3) is 9.93. The van der Waals surface area contributed by atoms with Crippen molar-refractivity contribution in [3.8, 4) is 22.4 Å². The molecule has 2 atom stereocenters. The predicted octanol–water partition coefficient (Wildman–Crippen LogP) is 6.23. The number of fused-ring (bicyclic) bond motifs is 3. The van der Waals surface area contributed by atoms with E-state index in [4.69, 9.17) is 10.1 Å². The first kappa shape index (κ1) is 35.7. The number of aliphatic hydroxyl groups excluding tert-OH is 2. The molecule has 0 unspecified atom stereocenters. The number of aliphatic hydroxyl groups is 2. The molecule has 1 aromatic heterocycles. The molecule has 10 heteroatoms. The smallest absolute Gasteiger partial charge is 0.319 e. The van der Waals surface area contributed by atoms with Crippen molar-refractivity contribution in [2.45, 2.75) is 76.9 Å². The Labute approximate surface area is 276 Å². The van der Waals surface area contributed by atoms with E-state index >= 15 is 0 Å². The third-order valence-corrected chi connectivity index (χ3v) is 8.26. The summed E-state index contributed by atoms with van der Waals surface area (Å²) in [5.41, 5.74) is 7.91. The van der Waals surface area contributed by atoms with Crippen LogP contribution in [0.4, 0.5) is 14.9 Å². The van der Waals surface area contributed by atoms with Crippen LogP contribution in [0.5, 0.6) is 0 Å². The lowest BCUT2D eigenvalue weighted by Crippen LogP contribution is -2.30. The van der Waals surface area contributed by atoms with Gasteiger partial charge in [0.1, 0.15) is 5.82 Å². The summed E-state index contributed by atoms with van der Waals surface area (Å²) in [6, 6.07) is 12.0. The zero-order chi connectivity index (χ0) is 34.1. The highest BCUT2D eigenvalue weighted by Gasteiger charge is 2.26. The van der Waals surface area contributed by atoms with Crippen molar-refractivity contribution in [3.05, 3.63) is 76.7 Å². The van der Waals surface area contributed by atoms with E-state index in [1.165, 1.54) is 12.1 Å². The van der Waals surface area contributed by atoms with Gasteiger partial charge in [-0.25, -0.2) is 9.18 Å². The monoisotopic (exact) mass is 646 g/mol. The molecule has 0 radical (unpaired) electrons. The fourth-order valence-corrected chi connectivity index (χ4v) is 6.02. The number of anilines is 1. The highest BCUT2D eigenvalue weighted by atomic mass is 19.1. The molecule has 0 saturated heterocycles. The van der Waals surface area contributed by atoms with Crippen LogP contribution in [0.3, 0.4) is 0 Å². The normalized spacial score (nSPS) is 14.1. The molecule has 5 N–H and O–H groups in total. The SMILES string of the molecule is CC(C)c1nc2c(c(-c3ccc(F)cc3)c1/C=C/[C@@H](O)C[C@@H](O)CC(=O)O)CCCc1cc(NC(=O)NCCCCN(C)C)ccc1-2. The summed E-state index contributed by atoms with van der Waals surface area (Å²) in [6.45, 7) is 5.65. The largest absolute Gasteiger partial charge is 0.481 e. The Kier molecular flexibility index (Phi) is 12.6. The van der Waals surface area contributed by atoms with Crippen molar-refractivity contribution in [1.29, 1.82) is 0 Å². The summed E-state index contributed by atoms with van der Waals surface area (Å²) in [7, 11) is 4.06. The van der Waals surface area contributed by atoms with Crippen molar-refractivity contribution in [2.24, 2.45) is 0 Å². The molecule has 0 saturated carbocycles. The van der Waals surface area contributed by atoms with Crippen molar-refractivity contribution in [2.75, 3.05) is 32.5 Å². The van der Waals surface area contributed by atoms with Gasteiger partial charge in [-0.1, -0.05) is 44.2 Å². The summed E-state index contributed by atoms with van der Waals surface area (Å²) in [4.78, 5) is 30.9. The van der Waals surface area contributed by atoms with Gasteiger partial charge < -0.3 is 30.9 Å². The van der Waals surface area contributed by atoms with Crippen LogP contribution in [0.1, 0.15) is 74.3 Å². The van der Waals surface area contributed by atoms with Crippen LogP contribution in [-0.4, -0.2) is 76.6 Å².